The summed E-state index contributed by atoms with van der Waals surface area (Å²) >= 11 is 9.45. The molecule has 1 aliphatic carbocycles. The topological polar surface area (TPSA) is 26.5 Å². The first kappa shape index (κ1) is 18.3. The molecular formula is C16H12BrClF4N2O. The average molecular weight is 440 g/mol. The number of methoxy groups -OCH3 is 1. The number of nitrogens with zero attached hydrogens (tertiary/aromatic N) is 2. The van der Waals surface area contributed by atoms with Gasteiger partial charge in [0.2, 0.25) is 0 Å². The largest absolute Gasteiger partial charge is 0.496 e. The van der Waals surface area contributed by atoms with Gasteiger partial charge >= 0.3 is 6.18 Å². The number of aromatic nitrogens is 2. The van der Waals surface area contributed by atoms with Gasteiger partial charge in [0.25, 0.3) is 0 Å². The van der Waals surface area contributed by atoms with Crippen molar-refractivity contribution < 1.29 is 22.3 Å². The first-order valence-electron chi connectivity index (χ1n) is 7.25. The van der Waals surface area contributed by atoms with E-state index in [4.69, 9.17) is 16.3 Å². The van der Waals surface area contributed by atoms with Gasteiger partial charge in [0.05, 0.1) is 12.1 Å². The molecule has 1 unspecified atom stereocenters. The minimum absolute atomic E-state index is 0.0535. The van der Waals surface area contributed by atoms with Crippen molar-refractivity contribution in [3.8, 4) is 0 Å². The van der Waals surface area contributed by atoms with Crippen molar-refractivity contribution in [1.82, 2.24) is 9.38 Å². The van der Waals surface area contributed by atoms with E-state index in [9.17, 15) is 17.6 Å². The van der Waals surface area contributed by atoms with E-state index in [1.165, 1.54) is 25.6 Å². The Kier molecular flexibility index (Phi) is 4.85. The van der Waals surface area contributed by atoms with Crippen LogP contribution in [0.1, 0.15) is 24.1 Å². The number of rotatable bonds is 2. The predicted molar refractivity (Wildman–Crippen MR) is 90.3 cm³/mol. The van der Waals surface area contributed by atoms with Crippen LogP contribution in [-0.2, 0) is 10.9 Å². The minimum atomic E-state index is -4.62. The van der Waals surface area contributed by atoms with Crippen LogP contribution in [-0.4, -0.2) is 22.7 Å². The van der Waals surface area contributed by atoms with Crippen molar-refractivity contribution in [2.45, 2.75) is 25.2 Å². The van der Waals surface area contributed by atoms with Crippen LogP contribution in [0.25, 0.3) is 11.2 Å². The molecule has 2 aromatic heterocycles. The molecular weight excluding hydrogens is 428 g/mol. The molecule has 0 amide bonds. The Morgan fingerprint density at radius 2 is 2.12 bits per heavy atom. The zero-order chi connectivity index (χ0) is 18.4. The van der Waals surface area contributed by atoms with Crippen LogP contribution in [0.4, 0.5) is 17.6 Å². The molecule has 0 saturated heterocycles. The third kappa shape index (κ3) is 3.29. The molecule has 1 atom stereocenters. The maximum absolute atomic E-state index is 14.7. The zero-order valence-electron chi connectivity index (χ0n) is 12.9. The number of allylic oxidation sites excluding steroid dienone is 3. The van der Waals surface area contributed by atoms with Crippen LogP contribution in [0.15, 0.2) is 34.8 Å². The molecule has 3 rings (SSSR count). The lowest BCUT2D eigenvalue weighted by Crippen LogP contribution is -2.14. The molecule has 1 aliphatic rings. The highest BCUT2D eigenvalue weighted by Crippen LogP contribution is 2.40. The van der Waals surface area contributed by atoms with Crippen LogP contribution >= 0.6 is 27.5 Å². The number of pyridine rings is 1. The van der Waals surface area contributed by atoms with Crippen molar-refractivity contribution >= 4 is 38.8 Å². The summed E-state index contributed by atoms with van der Waals surface area (Å²) in [6.45, 7) is 0. The van der Waals surface area contributed by atoms with Crippen molar-refractivity contribution in [2.24, 2.45) is 0 Å². The predicted octanol–water partition coefficient (Wildman–Crippen LogP) is 5.77. The van der Waals surface area contributed by atoms with Gasteiger partial charge in [-0.1, -0.05) is 27.5 Å². The van der Waals surface area contributed by atoms with E-state index in [0.29, 0.717) is 16.7 Å². The van der Waals surface area contributed by atoms with E-state index in [-0.39, 0.29) is 28.2 Å². The number of alkyl halides is 4. The second-order valence-corrected chi connectivity index (χ2v) is 6.81. The molecule has 0 saturated carbocycles. The number of halogens is 6. The van der Waals surface area contributed by atoms with E-state index in [0.717, 1.165) is 10.5 Å². The molecule has 134 valence electrons. The van der Waals surface area contributed by atoms with E-state index >= 15 is 0 Å². The third-order valence-corrected chi connectivity index (χ3v) is 5.02. The summed E-state index contributed by atoms with van der Waals surface area (Å²) in [6.07, 6.45) is -1.66. The average Bonchev–Trinajstić information content (AvgIpc) is 2.96. The molecule has 0 aliphatic heterocycles. The van der Waals surface area contributed by atoms with Gasteiger partial charge in [-0.2, -0.15) is 13.2 Å². The van der Waals surface area contributed by atoms with Gasteiger partial charge in [0.15, 0.2) is 0 Å². The molecule has 0 aromatic carbocycles. The van der Waals surface area contributed by atoms with Crippen LogP contribution in [0, 0.1) is 0 Å². The van der Waals surface area contributed by atoms with Gasteiger partial charge in [-0.05, 0) is 25.0 Å². The summed E-state index contributed by atoms with van der Waals surface area (Å²) in [7, 11) is 1.43. The first-order chi connectivity index (χ1) is 11.7. The lowest BCUT2D eigenvalue weighted by Gasteiger charge is -2.17. The molecule has 3 nitrogen and oxygen atoms in total. The number of imidazole rings is 1. The Balaban J connectivity index is 2.29. The molecule has 25 heavy (non-hydrogen) atoms. The molecule has 0 bridgehead atoms. The Bertz CT molecular complexity index is 888. The fourth-order valence-corrected chi connectivity index (χ4v) is 3.58. The van der Waals surface area contributed by atoms with Gasteiger partial charge in [-0.15, -0.1) is 0 Å². The minimum Gasteiger partial charge on any atom is -0.496 e. The molecule has 2 heterocycles. The summed E-state index contributed by atoms with van der Waals surface area (Å²) in [5.74, 6) is 0.399. The third-order valence-electron chi connectivity index (χ3n) is 3.93. The van der Waals surface area contributed by atoms with Gasteiger partial charge in [0, 0.05) is 28.0 Å². The Labute approximate surface area is 154 Å². The second kappa shape index (κ2) is 6.64. The molecule has 0 fully saturated rings. The Morgan fingerprint density at radius 1 is 1.40 bits per heavy atom. The van der Waals surface area contributed by atoms with E-state index < -0.39 is 18.0 Å². The number of ether oxygens (including phenoxy) is 1. The Morgan fingerprint density at radius 3 is 2.76 bits per heavy atom. The highest BCUT2D eigenvalue weighted by molar-refractivity contribution is 9.11. The van der Waals surface area contributed by atoms with E-state index in [1.54, 1.807) is 0 Å². The summed E-state index contributed by atoms with van der Waals surface area (Å²) < 4.78 is 61.2. The first-order valence-corrected chi connectivity index (χ1v) is 8.42. The fourth-order valence-electron chi connectivity index (χ4n) is 2.78. The van der Waals surface area contributed by atoms with Crippen molar-refractivity contribution in [3.63, 3.8) is 0 Å². The van der Waals surface area contributed by atoms with E-state index in [1.807, 2.05) is 0 Å². The number of hydrogen-bond acceptors (Lipinski definition) is 2. The van der Waals surface area contributed by atoms with E-state index in [2.05, 4.69) is 20.9 Å². The van der Waals surface area contributed by atoms with Crippen molar-refractivity contribution in [3.05, 3.63) is 51.1 Å². The van der Waals surface area contributed by atoms with Crippen LogP contribution < -0.4 is 0 Å². The molecule has 2 aromatic rings. The highest BCUT2D eigenvalue weighted by atomic mass is 79.9. The maximum Gasteiger partial charge on any atom is 0.431 e. The van der Waals surface area contributed by atoms with Gasteiger partial charge in [0.1, 0.15) is 23.3 Å². The van der Waals surface area contributed by atoms with Crippen molar-refractivity contribution in [1.29, 1.82) is 0 Å². The smallest absolute Gasteiger partial charge is 0.431 e. The summed E-state index contributed by atoms with van der Waals surface area (Å²) in [5, 5.41) is -0.214. The monoisotopic (exact) mass is 438 g/mol. The summed E-state index contributed by atoms with van der Waals surface area (Å²) in [6, 6.07) is 0.787. The quantitative estimate of drug-likeness (QED) is 0.555. The molecule has 9 heteroatoms. The number of fused-ring (bicyclic) bond motifs is 1. The number of hydrogen-bond donors (Lipinski definition) is 0. The maximum atomic E-state index is 14.7. The van der Waals surface area contributed by atoms with Crippen molar-refractivity contribution in [2.75, 3.05) is 7.11 Å². The Hall–Kier alpha value is -1.54. The van der Waals surface area contributed by atoms with Crippen LogP contribution in [0.2, 0.25) is 5.02 Å². The second-order valence-electron chi connectivity index (χ2n) is 5.45. The molecule has 0 radical (unpaired) electrons. The lowest BCUT2D eigenvalue weighted by atomic mass is 9.99. The standard InChI is InChI=1S/C16H12BrClF4N2O/c1-25-12-6-8(11(19)3-2-9(12)17)14-10(18)7-13(16(20,21)22)24-5-4-23-15(14)24/h4-7,11H,2-3H2,1H3. The SMILES string of the molecule is COC1=C(Br)CCC(F)C(c2c(Cl)cc(C(F)(F)F)n3ccnc23)=C1. The van der Waals surface area contributed by atoms with Gasteiger partial charge in [-0.3, -0.25) is 4.40 Å². The highest BCUT2D eigenvalue weighted by Gasteiger charge is 2.36. The van der Waals surface area contributed by atoms with Crippen LogP contribution in [0.3, 0.4) is 0 Å². The fraction of sp³-hybridized carbons (Fsp3) is 0.312. The molecule has 0 spiro atoms. The summed E-state index contributed by atoms with van der Waals surface area (Å²) in [4.78, 5) is 3.97. The summed E-state index contributed by atoms with van der Waals surface area (Å²) in [5.41, 5.74) is -0.755. The lowest BCUT2D eigenvalue weighted by molar-refractivity contribution is -0.142. The van der Waals surface area contributed by atoms with Gasteiger partial charge in [-0.25, -0.2) is 9.37 Å². The van der Waals surface area contributed by atoms with Gasteiger partial charge < -0.3 is 4.74 Å². The normalized spacial score (nSPS) is 19.2. The van der Waals surface area contributed by atoms with Crippen LogP contribution in [0.5, 0.6) is 0 Å². The zero-order valence-corrected chi connectivity index (χ0v) is 15.2. The molecule has 0 N–H and O–H groups in total.